The van der Waals surface area contributed by atoms with Gasteiger partial charge in [0, 0.05) is 12.1 Å². The number of methoxy groups -OCH3 is 3. The smallest absolute Gasteiger partial charge is 0.203 e. The molecule has 0 radical (unpaired) electrons. The maximum atomic E-state index is 5.43. The molecule has 5 heteroatoms. The number of hydrogen-bond acceptors (Lipinski definition) is 5. The summed E-state index contributed by atoms with van der Waals surface area (Å²) in [5.74, 6) is 2.04. The van der Waals surface area contributed by atoms with Gasteiger partial charge in [-0.25, -0.2) is 0 Å². The molecule has 0 unspecified atom stereocenters. The van der Waals surface area contributed by atoms with Crippen molar-refractivity contribution in [1.29, 1.82) is 0 Å². The van der Waals surface area contributed by atoms with E-state index in [1.165, 1.54) is 0 Å². The van der Waals surface area contributed by atoms with Crippen molar-refractivity contribution >= 4 is 0 Å². The summed E-state index contributed by atoms with van der Waals surface area (Å²) in [5.41, 5.74) is 1.06. The van der Waals surface area contributed by atoms with Crippen LogP contribution in [0, 0.1) is 0 Å². The van der Waals surface area contributed by atoms with Crippen LogP contribution in [-0.2, 0) is 6.54 Å². The fourth-order valence-electron chi connectivity index (χ4n) is 1.92. The Morgan fingerprint density at radius 2 is 1.68 bits per heavy atom. The highest BCUT2D eigenvalue weighted by atomic mass is 16.5. The predicted molar refractivity (Wildman–Crippen MR) is 76.3 cm³/mol. The molecule has 0 amide bonds. The zero-order chi connectivity index (χ0) is 14.1. The first-order chi connectivity index (χ1) is 9.28. The van der Waals surface area contributed by atoms with Crippen molar-refractivity contribution in [3.8, 4) is 17.2 Å². The molecular weight excluding hydrogens is 244 g/mol. The van der Waals surface area contributed by atoms with Gasteiger partial charge in [-0.15, -0.1) is 0 Å². The van der Waals surface area contributed by atoms with E-state index in [0.29, 0.717) is 11.5 Å². The number of benzene rings is 1. The van der Waals surface area contributed by atoms with Gasteiger partial charge in [0.1, 0.15) is 0 Å². The van der Waals surface area contributed by atoms with Gasteiger partial charge in [-0.1, -0.05) is 6.07 Å². The summed E-state index contributed by atoms with van der Waals surface area (Å²) in [7, 11) is 6.83. The average Bonchev–Trinajstić information content (AvgIpc) is 2.45. The van der Waals surface area contributed by atoms with Crippen LogP contribution in [0.5, 0.6) is 17.2 Å². The summed E-state index contributed by atoms with van der Waals surface area (Å²) in [6.45, 7) is 2.71. The molecule has 0 aliphatic heterocycles. The summed E-state index contributed by atoms with van der Waals surface area (Å²) < 4.78 is 16.0. The minimum atomic E-state index is 0.638. The average molecular weight is 268 g/mol. The van der Waals surface area contributed by atoms with Crippen molar-refractivity contribution in [2.24, 2.45) is 0 Å². The number of nitrogens with one attached hydrogen (secondary N) is 2. The Balaban J connectivity index is 2.72. The topological polar surface area (TPSA) is 51.8 Å². The van der Waals surface area contributed by atoms with Crippen molar-refractivity contribution in [3.05, 3.63) is 17.7 Å². The van der Waals surface area contributed by atoms with Crippen molar-refractivity contribution in [3.63, 3.8) is 0 Å². The Morgan fingerprint density at radius 1 is 0.947 bits per heavy atom. The van der Waals surface area contributed by atoms with E-state index in [4.69, 9.17) is 14.2 Å². The minimum absolute atomic E-state index is 0.638. The van der Waals surface area contributed by atoms with E-state index in [0.717, 1.165) is 37.4 Å². The van der Waals surface area contributed by atoms with Crippen LogP contribution >= 0.6 is 0 Å². The zero-order valence-corrected chi connectivity index (χ0v) is 12.2. The molecule has 2 N–H and O–H groups in total. The molecule has 0 atom stereocenters. The summed E-state index contributed by atoms with van der Waals surface area (Å²) in [6, 6.07) is 3.89. The molecule has 0 aliphatic rings. The molecule has 0 saturated carbocycles. The van der Waals surface area contributed by atoms with Gasteiger partial charge < -0.3 is 24.8 Å². The highest BCUT2D eigenvalue weighted by molar-refractivity contribution is 5.55. The highest BCUT2D eigenvalue weighted by Gasteiger charge is 2.15. The van der Waals surface area contributed by atoms with Crippen molar-refractivity contribution in [2.45, 2.75) is 13.0 Å². The fourth-order valence-corrected chi connectivity index (χ4v) is 1.92. The van der Waals surface area contributed by atoms with Crippen LogP contribution in [0.1, 0.15) is 12.0 Å². The SMILES string of the molecule is CNCCCNCc1ccc(OC)c(OC)c1OC. The predicted octanol–water partition coefficient (Wildman–Crippen LogP) is 1.41. The maximum absolute atomic E-state index is 5.43. The lowest BCUT2D eigenvalue weighted by Gasteiger charge is -2.16. The van der Waals surface area contributed by atoms with Gasteiger partial charge in [0.2, 0.25) is 5.75 Å². The third-order valence-corrected chi connectivity index (χ3v) is 2.88. The van der Waals surface area contributed by atoms with Gasteiger partial charge in [-0.2, -0.15) is 0 Å². The molecule has 0 heterocycles. The molecule has 108 valence electrons. The first-order valence-electron chi connectivity index (χ1n) is 6.41. The van der Waals surface area contributed by atoms with Crippen LogP contribution in [0.4, 0.5) is 0 Å². The number of hydrogen-bond donors (Lipinski definition) is 2. The van der Waals surface area contributed by atoms with E-state index in [1.807, 2.05) is 19.2 Å². The van der Waals surface area contributed by atoms with Gasteiger partial charge in [-0.3, -0.25) is 0 Å². The van der Waals surface area contributed by atoms with Crippen LogP contribution in [-0.4, -0.2) is 41.5 Å². The second-order valence-corrected chi connectivity index (χ2v) is 4.13. The normalized spacial score (nSPS) is 10.3. The van der Waals surface area contributed by atoms with Gasteiger partial charge in [-0.05, 0) is 32.6 Å². The maximum Gasteiger partial charge on any atom is 0.203 e. The zero-order valence-electron chi connectivity index (χ0n) is 12.2. The minimum Gasteiger partial charge on any atom is -0.493 e. The number of ether oxygens (including phenoxy) is 3. The van der Waals surface area contributed by atoms with Crippen LogP contribution in [0.2, 0.25) is 0 Å². The van der Waals surface area contributed by atoms with E-state index < -0.39 is 0 Å². The summed E-state index contributed by atoms with van der Waals surface area (Å²) in [5, 5.41) is 6.50. The molecule has 19 heavy (non-hydrogen) atoms. The van der Waals surface area contributed by atoms with Gasteiger partial charge >= 0.3 is 0 Å². The largest absolute Gasteiger partial charge is 0.493 e. The standard InChI is InChI=1S/C14H24N2O3/c1-15-8-5-9-16-10-11-6-7-12(17-2)14(19-4)13(11)18-3/h6-7,15-16H,5,8-10H2,1-4H3. The van der Waals surface area contributed by atoms with Gasteiger partial charge in [0.05, 0.1) is 21.3 Å². The van der Waals surface area contributed by atoms with Crippen molar-refractivity contribution in [1.82, 2.24) is 10.6 Å². The lowest BCUT2D eigenvalue weighted by molar-refractivity contribution is 0.321. The lowest BCUT2D eigenvalue weighted by atomic mass is 10.1. The quantitative estimate of drug-likeness (QED) is 0.663. The molecule has 0 aliphatic carbocycles. The van der Waals surface area contributed by atoms with E-state index in [-0.39, 0.29) is 0 Å². The van der Waals surface area contributed by atoms with Crippen LogP contribution in [0.3, 0.4) is 0 Å². The van der Waals surface area contributed by atoms with Crippen molar-refractivity contribution in [2.75, 3.05) is 41.5 Å². The Labute approximate surface area is 115 Å². The highest BCUT2D eigenvalue weighted by Crippen LogP contribution is 2.39. The molecule has 0 spiro atoms. The number of rotatable bonds is 9. The van der Waals surface area contributed by atoms with E-state index >= 15 is 0 Å². The van der Waals surface area contributed by atoms with Crippen LogP contribution < -0.4 is 24.8 Å². The molecule has 1 rings (SSSR count). The molecule has 0 bridgehead atoms. The van der Waals surface area contributed by atoms with Crippen LogP contribution in [0.25, 0.3) is 0 Å². The Morgan fingerprint density at radius 3 is 2.26 bits per heavy atom. The lowest BCUT2D eigenvalue weighted by Crippen LogP contribution is -2.19. The van der Waals surface area contributed by atoms with Crippen molar-refractivity contribution < 1.29 is 14.2 Å². The monoisotopic (exact) mass is 268 g/mol. The summed E-state index contributed by atoms with van der Waals surface area (Å²) >= 11 is 0. The molecule has 5 nitrogen and oxygen atoms in total. The van der Waals surface area contributed by atoms with Gasteiger partial charge in [0.15, 0.2) is 11.5 Å². The van der Waals surface area contributed by atoms with E-state index in [2.05, 4.69) is 10.6 Å². The summed E-state index contributed by atoms with van der Waals surface area (Å²) in [6.07, 6.45) is 1.09. The molecule has 1 aromatic rings. The van der Waals surface area contributed by atoms with Crippen LogP contribution in [0.15, 0.2) is 12.1 Å². The molecule has 0 fully saturated rings. The van der Waals surface area contributed by atoms with E-state index in [1.54, 1.807) is 21.3 Å². The second-order valence-electron chi connectivity index (χ2n) is 4.13. The Kier molecular flexibility index (Phi) is 7.07. The molecular formula is C14H24N2O3. The first-order valence-corrected chi connectivity index (χ1v) is 6.41. The first kappa shape index (κ1) is 15.6. The Bertz CT molecular complexity index is 383. The summed E-state index contributed by atoms with van der Waals surface area (Å²) in [4.78, 5) is 0. The molecule has 0 saturated heterocycles. The molecule has 1 aromatic carbocycles. The Hall–Kier alpha value is -1.46. The molecule has 0 aromatic heterocycles. The fraction of sp³-hybridized carbons (Fsp3) is 0.571. The van der Waals surface area contributed by atoms with E-state index in [9.17, 15) is 0 Å². The van der Waals surface area contributed by atoms with Gasteiger partial charge in [0.25, 0.3) is 0 Å². The third-order valence-electron chi connectivity index (χ3n) is 2.88. The third kappa shape index (κ3) is 4.29. The second kappa shape index (κ2) is 8.61.